The van der Waals surface area contributed by atoms with Crippen LogP contribution in [0.25, 0.3) is 0 Å². The Balaban J connectivity index is 2.85. The van der Waals surface area contributed by atoms with Crippen molar-refractivity contribution in [2.45, 2.75) is 19.4 Å². The molecular formula is C12H19FN2O. The topological polar surface area (TPSA) is 47.3 Å². The molecule has 4 heteroatoms. The van der Waals surface area contributed by atoms with Gasteiger partial charge in [0.05, 0.1) is 6.61 Å². The van der Waals surface area contributed by atoms with Crippen LogP contribution in [0.3, 0.4) is 0 Å². The van der Waals surface area contributed by atoms with E-state index >= 15 is 0 Å². The van der Waals surface area contributed by atoms with Gasteiger partial charge in [0.2, 0.25) is 0 Å². The molecule has 0 fully saturated rings. The molecule has 0 aromatic heterocycles. The Morgan fingerprint density at radius 2 is 2.25 bits per heavy atom. The van der Waals surface area contributed by atoms with Gasteiger partial charge in [0.15, 0.2) is 11.6 Å². The van der Waals surface area contributed by atoms with Crippen LogP contribution in [-0.4, -0.2) is 20.2 Å². The molecule has 1 aromatic rings. The quantitative estimate of drug-likeness (QED) is 0.778. The van der Waals surface area contributed by atoms with E-state index in [1.807, 2.05) is 20.0 Å². The normalized spacial score (nSPS) is 12.5. The van der Waals surface area contributed by atoms with Gasteiger partial charge >= 0.3 is 0 Å². The molecule has 0 aliphatic heterocycles. The predicted octanol–water partition coefficient (Wildman–Crippen LogP) is 1.83. The van der Waals surface area contributed by atoms with Gasteiger partial charge in [-0.3, -0.25) is 0 Å². The molecule has 1 unspecified atom stereocenters. The van der Waals surface area contributed by atoms with Crippen LogP contribution in [-0.2, 0) is 0 Å². The highest BCUT2D eigenvalue weighted by Gasteiger charge is 2.11. The maximum atomic E-state index is 13.6. The average Bonchev–Trinajstić information content (AvgIpc) is 2.29. The smallest absolute Gasteiger partial charge is 0.165 e. The largest absolute Gasteiger partial charge is 0.491 e. The molecule has 3 N–H and O–H groups in total. The molecule has 0 radical (unpaired) electrons. The van der Waals surface area contributed by atoms with Crippen LogP contribution in [0, 0.1) is 5.82 Å². The highest BCUT2D eigenvalue weighted by Crippen LogP contribution is 2.23. The van der Waals surface area contributed by atoms with Gasteiger partial charge in [-0.1, -0.05) is 6.07 Å². The Kier molecular flexibility index (Phi) is 5.22. The van der Waals surface area contributed by atoms with Gasteiger partial charge in [0.1, 0.15) is 0 Å². The first kappa shape index (κ1) is 12.9. The Morgan fingerprint density at radius 1 is 1.50 bits per heavy atom. The zero-order valence-electron chi connectivity index (χ0n) is 9.79. The summed E-state index contributed by atoms with van der Waals surface area (Å²) < 4.78 is 18.7. The number of hydrogen-bond acceptors (Lipinski definition) is 3. The molecule has 0 spiro atoms. The maximum absolute atomic E-state index is 13.6. The van der Waals surface area contributed by atoms with Crippen LogP contribution in [0.1, 0.15) is 24.9 Å². The van der Waals surface area contributed by atoms with Crippen molar-refractivity contribution in [1.29, 1.82) is 0 Å². The van der Waals surface area contributed by atoms with Crippen molar-refractivity contribution in [3.63, 3.8) is 0 Å². The number of benzene rings is 1. The first-order valence-corrected chi connectivity index (χ1v) is 5.52. The van der Waals surface area contributed by atoms with E-state index in [0.717, 1.165) is 12.0 Å². The summed E-state index contributed by atoms with van der Waals surface area (Å²) in [5.41, 5.74) is 6.40. The lowest BCUT2D eigenvalue weighted by molar-refractivity contribution is 0.321. The highest BCUT2D eigenvalue weighted by atomic mass is 19.1. The summed E-state index contributed by atoms with van der Waals surface area (Å²) in [4.78, 5) is 0. The van der Waals surface area contributed by atoms with Crippen molar-refractivity contribution < 1.29 is 9.13 Å². The molecule has 0 amide bonds. The summed E-state index contributed by atoms with van der Waals surface area (Å²) in [5.74, 6) is -0.0227. The number of halogens is 1. The minimum atomic E-state index is -0.323. The van der Waals surface area contributed by atoms with Gasteiger partial charge in [-0.2, -0.15) is 0 Å². The number of hydrogen-bond donors (Lipinski definition) is 2. The molecule has 1 aromatic carbocycles. The van der Waals surface area contributed by atoms with E-state index in [4.69, 9.17) is 10.5 Å². The van der Waals surface area contributed by atoms with Crippen LogP contribution in [0.2, 0.25) is 0 Å². The summed E-state index contributed by atoms with van der Waals surface area (Å²) >= 11 is 0. The minimum absolute atomic E-state index is 0.0928. The fourth-order valence-corrected chi connectivity index (χ4v) is 1.65. The van der Waals surface area contributed by atoms with Crippen molar-refractivity contribution in [1.82, 2.24) is 5.32 Å². The standard InChI is InChI=1S/C12H19FN2O/c1-3-16-12-5-4-9(8-10(12)13)11(15-2)6-7-14/h4-5,8,11,15H,3,6-7,14H2,1-2H3. The number of nitrogens with two attached hydrogens (primary N) is 1. The van der Waals surface area contributed by atoms with E-state index in [2.05, 4.69) is 5.32 Å². The van der Waals surface area contributed by atoms with Crippen molar-refractivity contribution >= 4 is 0 Å². The molecule has 1 rings (SSSR count). The minimum Gasteiger partial charge on any atom is -0.491 e. The van der Waals surface area contributed by atoms with Gasteiger partial charge < -0.3 is 15.8 Å². The Labute approximate surface area is 95.8 Å². The maximum Gasteiger partial charge on any atom is 0.165 e. The molecule has 16 heavy (non-hydrogen) atoms. The molecule has 0 bridgehead atoms. The number of rotatable bonds is 6. The van der Waals surface area contributed by atoms with Crippen molar-refractivity contribution in [2.24, 2.45) is 5.73 Å². The molecule has 0 saturated heterocycles. The van der Waals surface area contributed by atoms with E-state index in [-0.39, 0.29) is 11.9 Å². The molecule has 3 nitrogen and oxygen atoms in total. The second kappa shape index (κ2) is 6.45. The van der Waals surface area contributed by atoms with Crippen LogP contribution in [0.15, 0.2) is 18.2 Å². The van der Waals surface area contributed by atoms with E-state index < -0.39 is 0 Å². The van der Waals surface area contributed by atoms with Gasteiger partial charge in [-0.25, -0.2) is 4.39 Å². The SMILES string of the molecule is CCOc1ccc(C(CCN)NC)cc1F. The predicted molar refractivity (Wildman–Crippen MR) is 63.0 cm³/mol. The van der Waals surface area contributed by atoms with Gasteiger partial charge in [-0.05, 0) is 44.6 Å². The third-order valence-corrected chi connectivity index (χ3v) is 2.46. The second-order valence-electron chi connectivity index (χ2n) is 3.54. The summed E-state index contributed by atoms with van der Waals surface area (Å²) in [5, 5.41) is 3.11. The molecule has 0 aliphatic rings. The molecule has 0 aliphatic carbocycles. The first-order chi connectivity index (χ1) is 7.72. The van der Waals surface area contributed by atoms with Crippen molar-refractivity contribution in [3.05, 3.63) is 29.6 Å². The Bertz CT molecular complexity index is 331. The third-order valence-electron chi connectivity index (χ3n) is 2.46. The third kappa shape index (κ3) is 3.18. The molecule has 90 valence electrons. The van der Waals surface area contributed by atoms with Gasteiger partial charge in [0.25, 0.3) is 0 Å². The lowest BCUT2D eigenvalue weighted by atomic mass is 10.0. The number of nitrogens with one attached hydrogen (secondary N) is 1. The molecule has 0 heterocycles. The summed E-state index contributed by atoms with van der Waals surface area (Å²) in [6.07, 6.45) is 0.782. The van der Waals surface area contributed by atoms with E-state index in [0.29, 0.717) is 18.9 Å². The van der Waals surface area contributed by atoms with E-state index in [9.17, 15) is 4.39 Å². The highest BCUT2D eigenvalue weighted by molar-refractivity contribution is 5.31. The second-order valence-corrected chi connectivity index (χ2v) is 3.54. The summed E-state index contributed by atoms with van der Waals surface area (Å²) in [6, 6.07) is 5.12. The van der Waals surface area contributed by atoms with Crippen molar-refractivity contribution in [2.75, 3.05) is 20.2 Å². The summed E-state index contributed by atoms with van der Waals surface area (Å²) in [7, 11) is 1.84. The van der Waals surface area contributed by atoms with Crippen LogP contribution in [0.4, 0.5) is 4.39 Å². The monoisotopic (exact) mass is 226 g/mol. The molecular weight excluding hydrogens is 207 g/mol. The zero-order chi connectivity index (χ0) is 12.0. The van der Waals surface area contributed by atoms with Crippen molar-refractivity contribution in [3.8, 4) is 5.75 Å². The molecule has 0 saturated carbocycles. The van der Waals surface area contributed by atoms with Crippen LogP contribution < -0.4 is 15.8 Å². The Morgan fingerprint density at radius 3 is 2.75 bits per heavy atom. The van der Waals surface area contributed by atoms with E-state index in [1.54, 1.807) is 6.07 Å². The number of ether oxygens (including phenoxy) is 1. The lowest BCUT2D eigenvalue weighted by Gasteiger charge is -2.16. The summed E-state index contributed by atoms with van der Waals surface area (Å²) in [6.45, 7) is 2.87. The fraction of sp³-hybridized carbons (Fsp3) is 0.500. The van der Waals surface area contributed by atoms with Crippen LogP contribution in [0.5, 0.6) is 5.75 Å². The first-order valence-electron chi connectivity index (χ1n) is 5.52. The van der Waals surface area contributed by atoms with Gasteiger partial charge in [0, 0.05) is 6.04 Å². The lowest BCUT2D eigenvalue weighted by Crippen LogP contribution is -2.20. The zero-order valence-corrected chi connectivity index (χ0v) is 9.79. The van der Waals surface area contributed by atoms with E-state index in [1.165, 1.54) is 6.07 Å². The van der Waals surface area contributed by atoms with Gasteiger partial charge in [-0.15, -0.1) is 0 Å². The Hall–Kier alpha value is -1.13. The fourth-order valence-electron chi connectivity index (χ4n) is 1.65. The van der Waals surface area contributed by atoms with Crippen LogP contribution >= 0.6 is 0 Å². The average molecular weight is 226 g/mol. The molecule has 1 atom stereocenters.